The largest absolute Gasteiger partial charge is 0.481 e. The van der Waals surface area contributed by atoms with E-state index >= 15 is 0 Å². The monoisotopic (exact) mass is 201 g/mol. The lowest BCUT2D eigenvalue weighted by molar-refractivity contribution is -0.137. The summed E-state index contributed by atoms with van der Waals surface area (Å²) >= 11 is 0. The average Bonchev–Trinajstić information content (AvgIpc) is 2.13. The maximum Gasteiger partial charge on any atom is 0.303 e. The third-order valence-electron chi connectivity index (χ3n) is 2.32. The van der Waals surface area contributed by atoms with Gasteiger partial charge >= 0.3 is 5.97 Å². The lowest BCUT2D eigenvalue weighted by Crippen LogP contribution is -2.21. The molecule has 0 saturated carbocycles. The lowest BCUT2D eigenvalue weighted by atomic mass is 10.2. The number of hydrogen-bond acceptors (Lipinski definition) is 2. The van der Waals surface area contributed by atoms with Crippen LogP contribution in [0.2, 0.25) is 0 Å². The second-order valence-electron chi connectivity index (χ2n) is 3.86. The molecular weight excluding hydrogens is 178 g/mol. The molecule has 0 aliphatic heterocycles. The van der Waals surface area contributed by atoms with Gasteiger partial charge in [0.05, 0.1) is 0 Å². The van der Waals surface area contributed by atoms with E-state index in [1.54, 1.807) is 0 Å². The van der Waals surface area contributed by atoms with Crippen molar-refractivity contribution in [3.05, 3.63) is 0 Å². The van der Waals surface area contributed by atoms with Crippen LogP contribution in [0.4, 0.5) is 0 Å². The van der Waals surface area contributed by atoms with Crippen molar-refractivity contribution < 1.29 is 9.90 Å². The molecule has 0 aromatic carbocycles. The number of hydrogen-bond donors (Lipinski definition) is 1. The van der Waals surface area contributed by atoms with E-state index in [9.17, 15) is 4.79 Å². The molecule has 0 atom stereocenters. The fourth-order valence-corrected chi connectivity index (χ4v) is 1.40. The average molecular weight is 201 g/mol. The Kier molecular flexibility index (Phi) is 8.64. The first-order valence-corrected chi connectivity index (χ1v) is 5.57. The van der Waals surface area contributed by atoms with E-state index in [1.165, 1.54) is 19.3 Å². The van der Waals surface area contributed by atoms with Crippen LogP contribution in [0.25, 0.3) is 0 Å². The molecule has 0 rings (SSSR count). The molecule has 3 heteroatoms. The fourth-order valence-electron chi connectivity index (χ4n) is 1.40. The van der Waals surface area contributed by atoms with Crippen LogP contribution in [0.5, 0.6) is 0 Å². The quantitative estimate of drug-likeness (QED) is 0.582. The van der Waals surface area contributed by atoms with Crippen LogP contribution in [0, 0.1) is 0 Å². The SMILES string of the molecule is CCCCCN(C)CCCCC(=O)O. The summed E-state index contributed by atoms with van der Waals surface area (Å²) < 4.78 is 0. The summed E-state index contributed by atoms with van der Waals surface area (Å²) in [7, 11) is 2.11. The summed E-state index contributed by atoms with van der Waals surface area (Å²) in [5.74, 6) is -0.682. The van der Waals surface area contributed by atoms with E-state index in [0.717, 1.165) is 25.9 Å². The molecule has 0 fully saturated rings. The molecule has 1 N–H and O–H groups in total. The number of carbonyl (C=O) groups is 1. The molecule has 0 amide bonds. The molecule has 3 nitrogen and oxygen atoms in total. The Morgan fingerprint density at radius 1 is 1.14 bits per heavy atom. The van der Waals surface area contributed by atoms with Crippen molar-refractivity contribution in [1.29, 1.82) is 0 Å². The summed E-state index contributed by atoms with van der Waals surface area (Å²) in [6, 6.07) is 0. The first-order chi connectivity index (χ1) is 6.66. The molecule has 0 saturated heterocycles. The van der Waals surface area contributed by atoms with Crippen LogP contribution in [0.1, 0.15) is 45.4 Å². The third-order valence-corrected chi connectivity index (χ3v) is 2.32. The van der Waals surface area contributed by atoms with E-state index in [1.807, 2.05) is 0 Å². The number of carboxylic acid groups (broad SMARTS) is 1. The first-order valence-electron chi connectivity index (χ1n) is 5.57. The van der Waals surface area contributed by atoms with Crippen LogP contribution in [0.3, 0.4) is 0 Å². The van der Waals surface area contributed by atoms with Gasteiger partial charge in [0.15, 0.2) is 0 Å². The fraction of sp³-hybridized carbons (Fsp3) is 0.909. The highest BCUT2D eigenvalue weighted by Crippen LogP contribution is 2.00. The van der Waals surface area contributed by atoms with E-state index in [0.29, 0.717) is 6.42 Å². The van der Waals surface area contributed by atoms with Crippen LogP contribution in [0.15, 0.2) is 0 Å². The van der Waals surface area contributed by atoms with Gasteiger partial charge in [-0.25, -0.2) is 0 Å². The molecule has 0 spiro atoms. The molecule has 0 aromatic heterocycles. The van der Waals surface area contributed by atoms with Crippen molar-refractivity contribution in [2.75, 3.05) is 20.1 Å². The van der Waals surface area contributed by atoms with Gasteiger partial charge in [-0.15, -0.1) is 0 Å². The highest BCUT2D eigenvalue weighted by molar-refractivity contribution is 5.66. The van der Waals surface area contributed by atoms with Gasteiger partial charge in [0.2, 0.25) is 0 Å². The normalized spacial score (nSPS) is 10.8. The smallest absolute Gasteiger partial charge is 0.303 e. The van der Waals surface area contributed by atoms with Crippen LogP contribution in [-0.4, -0.2) is 36.1 Å². The van der Waals surface area contributed by atoms with E-state index in [2.05, 4.69) is 18.9 Å². The Morgan fingerprint density at radius 3 is 2.21 bits per heavy atom. The van der Waals surface area contributed by atoms with Gasteiger partial charge in [0.25, 0.3) is 0 Å². The topological polar surface area (TPSA) is 40.5 Å². The number of unbranched alkanes of at least 4 members (excludes halogenated alkanes) is 3. The Balaban J connectivity index is 3.18. The number of nitrogens with zero attached hydrogens (tertiary/aromatic N) is 1. The maximum absolute atomic E-state index is 10.2. The second-order valence-corrected chi connectivity index (χ2v) is 3.86. The molecule has 0 aromatic rings. The zero-order valence-electron chi connectivity index (χ0n) is 9.46. The minimum Gasteiger partial charge on any atom is -0.481 e. The van der Waals surface area contributed by atoms with Crippen LogP contribution >= 0.6 is 0 Å². The maximum atomic E-state index is 10.2. The van der Waals surface area contributed by atoms with Crippen molar-refractivity contribution in [2.24, 2.45) is 0 Å². The molecule has 0 aliphatic rings. The number of rotatable bonds is 9. The Labute approximate surface area is 87.1 Å². The van der Waals surface area contributed by atoms with Crippen molar-refractivity contribution in [3.8, 4) is 0 Å². The molecule has 14 heavy (non-hydrogen) atoms. The molecule has 0 heterocycles. The van der Waals surface area contributed by atoms with E-state index in [-0.39, 0.29) is 0 Å². The van der Waals surface area contributed by atoms with Crippen molar-refractivity contribution >= 4 is 5.97 Å². The second kappa shape index (κ2) is 9.00. The molecule has 84 valence electrons. The molecule has 0 radical (unpaired) electrons. The van der Waals surface area contributed by atoms with E-state index < -0.39 is 5.97 Å². The summed E-state index contributed by atoms with van der Waals surface area (Å²) in [4.78, 5) is 12.5. The molecule has 0 bridgehead atoms. The number of aliphatic carboxylic acids is 1. The van der Waals surface area contributed by atoms with Gasteiger partial charge in [-0.1, -0.05) is 19.8 Å². The Bertz CT molecular complexity index is 148. The zero-order chi connectivity index (χ0) is 10.8. The Morgan fingerprint density at radius 2 is 1.71 bits per heavy atom. The summed E-state index contributed by atoms with van der Waals surface area (Å²) in [6.07, 6.45) is 5.91. The highest BCUT2D eigenvalue weighted by atomic mass is 16.4. The third kappa shape index (κ3) is 9.52. The lowest BCUT2D eigenvalue weighted by Gasteiger charge is -2.15. The predicted octanol–water partition coefficient (Wildman–Crippen LogP) is 2.36. The van der Waals surface area contributed by atoms with Gasteiger partial charge in [0, 0.05) is 6.42 Å². The number of carboxylic acids is 1. The van der Waals surface area contributed by atoms with Gasteiger partial charge in [-0.2, -0.15) is 0 Å². The highest BCUT2D eigenvalue weighted by Gasteiger charge is 1.99. The predicted molar refractivity (Wildman–Crippen MR) is 58.5 cm³/mol. The minimum absolute atomic E-state index is 0.308. The zero-order valence-corrected chi connectivity index (χ0v) is 9.46. The van der Waals surface area contributed by atoms with Gasteiger partial charge in [-0.05, 0) is 39.4 Å². The van der Waals surface area contributed by atoms with Crippen molar-refractivity contribution in [3.63, 3.8) is 0 Å². The van der Waals surface area contributed by atoms with Crippen molar-refractivity contribution in [2.45, 2.75) is 45.4 Å². The van der Waals surface area contributed by atoms with Crippen LogP contribution in [-0.2, 0) is 4.79 Å². The minimum atomic E-state index is -0.682. The first kappa shape index (κ1) is 13.4. The summed E-state index contributed by atoms with van der Waals surface area (Å²) in [5.41, 5.74) is 0. The standard InChI is InChI=1S/C11H23NO2/c1-3-4-6-9-12(2)10-7-5-8-11(13)14/h3-10H2,1-2H3,(H,13,14). The molecule has 0 unspecified atom stereocenters. The Hall–Kier alpha value is -0.570. The molecular formula is C11H23NO2. The van der Waals surface area contributed by atoms with Gasteiger partial charge < -0.3 is 10.0 Å². The van der Waals surface area contributed by atoms with Crippen molar-refractivity contribution in [1.82, 2.24) is 4.90 Å². The van der Waals surface area contributed by atoms with Gasteiger partial charge in [-0.3, -0.25) is 4.79 Å². The summed E-state index contributed by atoms with van der Waals surface area (Å²) in [5, 5.41) is 8.44. The van der Waals surface area contributed by atoms with Gasteiger partial charge in [0.1, 0.15) is 0 Å². The van der Waals surface area contributed by atoms with E-state index in [4.69, 9.17) is 5.11 Å². The molecule has 0 aliphatic carbocycles. The summed E-state index contributed by atoms with van der Waals surface area (Å²) in [6.45, 7) is 4.37. The van der Waals surface area contributed by atoms with Crippen LogP contribution < -0.4 is 0 Å².